The Hall–Kier alpha value is -0.920. The van der Waals surface area contributed by atoms with Crippen molar-refractivity contribution in [3.63, 3.8) is 0 Å². The summed E-state index contributed by atoms with van der Waals surface area (Å²) in [5, 5.41) is 9.00. The summed E-state index contributed by atoms with van der Waals surface area (Å²) in [4.78, 5) is 11.1. The van der Waals surface area contributed by atoms with E-state index in [1.165, 1.54) is 10.4 Å². The van der Waals surface area contributed by atoms with E-state index in [0.29, 0.717) is 5.56 Å². The molecule has 19 heavy (non-hydrogen) atoms. The molecule has 1 fully saturated rings. The highest BCUT2D eigenvalue weighted by Gasteiger charge is 2.32. The molecule has 0 atom stereocenters. The molecule has 0 unspecified atom stereocenters. The van der Waals surface area contributed by atoms with Crippen molar-refractivity contribution in [3.8, 4) is 0 Å². The van der Waals surface area contributed by atoms with Crippen LogP contribution in [0.1, 0.15) is 40.9 Å². The predicted octanol–water partition coefficient (Wildman–Crippen LogP) is 2.32. The highest BCUT2D eigenvalue weighted by atomic mass is 32.2. The number of nitrogens with zero attached hydrogens (tertiary/aromatic N) is 1. The standard InChI is InChI=1S/C12H17NO4S2/c1-8-7-10(18-11(8)12(14)15)19(16,17)13(2)9-5-3-4-6-9/h7,9H,3-6H2,1-2H3,(H,14,15). The maximum Gasteiger partial charge on any atom is 0.346 e. The topological polar surface area (TPSA) is 74.7 Å². The van der Waals surface area contributed by atoms with Crippen LogP contribution in [0.2, 0.25) is 0 Å². The van der Waals surface area contributed by atoms with Gasteiger partial charge in [-0.25, -0.2) is 13.2 Å². The maximum atomic E-state index is 12.5. The van der Waals surface area contributed by atoms with Crippen molar-refractivity contribution in [1.29, 1.82) is 0 Å². The molecule has 1 aliphatic carbocycles. The highest BCUT2D eigenvalue weighted by molar-refractivity contribution is 7.91. The summed E-state index contributed by atoms with van der Waals surface area (Å²) in [7, 11) is -1.98. The molecule has 1 aromatic heterocycles. The average Bonchev–Trinajstić information content (AvgIpc) is 2.96. The first kappa shape index (κ1) is 14.5. The Kier molecular flexibility index (Phi) is 3.98. The van der Waals surface area contributed by atoms with E-state index in [9.17, 15) is 13.2 Å². The number of carboxylic acids is 1. The summed E-state index contributed by atoms with van der Waals surface area (Å²) in [6.07, 6.45) is 3.86. The van der Waals surface area contributed by atoms with Gasteiger partial charge in [-0.2, -0.15) is 4.31 Å². The molecular weight excluding hydrogens is 286 g/mol. The third-order valence-electron chi connectivity index (χ3n) is 3.56. The molecule has 0 bridgehead atoms. The van der Waals surface area contributed by atoms with Crippen molar-refractivity contribution < 1.29 is 18.3 Å². The summed E-state index contributed by atoms with van der Waals surface area (Å²) in [6.45, 7) is 1.62. The second-order valence-electron chi connectivity index (χ2n) is 4.84. The number of hydrogen-bond donors (Lipinski definition) is 1. The van der Waals surface area contributed by atoms with Crippen LogP contribution in [0.25, 0.3) is 0 Å². The molecule has 0 saturated heterocycles. The monoisotopic (exact) mass is 303 g/mol. The Morgan fingerprint density at radius 1 is 1.42 bits per heavy atom. The zero-order valence-corrected chi connectivity index (χ0v) is 12.6. The number of hydrogen-bond acceptors (Lipinski definition) is 4. The molecule has 2 rings (SSSR count). The van der Waals surface area contributed by atoms with Gasteiger partial charge >= 0.3 is 5.97 Å². The summed E-state index contributed by atoms with van der Waals surface area (Å²) < 4.78 is 26.4. The minimum absolute atomic E-state index is 0.0423. The number of carboxylic acid groups (broad SMARTS) is 1. The van der Waals surface area contributed by atoms with Crippen LogP contribution in [0.5, 0.6) is 0 Å². The molecule has 0 radical (unpaired) electrons. The molecule has 1 saturated carbocycles. The predicted molar refractivity (Wildman–Crippen MR) is 73.2 cm³/mol. The number of thiophene rings is 1. The molecule has 1 N–H and O–H groups in total. The lowest BCUT2D eigenvalue weighted by molar-refractivity contribution is 0.0701. The van der Waals surface area contributed by atoms with Gasteiger partial charge < -0.3 is 5.11 Å². The number of aryl methyl sites for hydroxylation is 1. The minimum Gasteiger partial charge on any atom is -0.477 e. The van der Waals surface area contributed by atoms with Crippen LogP contribution < -0.4 is 0 Å². The Bertz CT molecular complexity index is 585. The van der Waals surface area contributed by atoms with Crippen molar-refractivity contribution in [2.24, 2.45) is 0 Å². The quantitative estimate of drug-likeness (QED) is 0.926. The van der Waals surface area contributed by atoms with E-state index in [-0.39, 0.29) is 15.1 Å². The van der Waals surface area contributed by atoms with Gasteiger partial charge in [0, 0.05) is 13.1 Å². The third kappa shape index (κ3) is 2.68. The van der Waals surface area contributed by atoms with Crippen LogP contribution in [-0.4, -0.2) is 36.9 Å². The SMILES string of the molecule is Cc1cc(S(=O)(=O)N(C)C2CCCC2)sc1C(=O)O. The summed E-state index contributed by atoms with van der Waals surface area (Å²) >= 11 is 0.832. The zero-order valence-electron chi connectivity index (χ0n) is 10.9. The second-order valence-corrected chi connectivity index (χ2v) is 8.12. The van der Waals surface area contributed by atoms with E-state index in [4.69, 9.17) is 5.11 Å². The van der Waals surface area contributed by atoms with Crippen LogP contribution in [0.4, 0.5) is 0 Å². The van der Waals surface area contributed by atoms with Crippen molar-refractivity contribution in [2.45, 2.75) is 42.9 Å². The summed E-state index contributed by atoms with van der Waals surface area (Å²) in [5.41, 5.74) is 0.496. The van der Waals surface area contributed by atoms with Crippen LogP contribution >= 0.6 is 11.3 Å². The largest absolute Gasteiger partial charge is 0.477 e. The molecule has 7 heteroatoms. The molecule has 106 valence electrons. The number of aromatic carboxylic acids is 1. The smallest absolute Gasteiger partial charge is 0.346 e. The van der Waals surface area contributed by atoms with Crippen molar-refractivity contribution in [3.05, 3.63) is 16.5 Å². The first-order chi connectivity index (χ1) is 8.84. The molecule has 0 amide bonds. The molecule has 1 heterocycles. The first-order valence-corrected chi connectivity index (χ1v) is 8.41. The van der Waals surface area contributed by atoms with Crippen LogP contribution in [0.15, 0.2) is 10.3 Å². The average molecular weight is 303 g/mol. The van der Waals surface area contributed by atoms with Crippen molar-refractivity contribution in [1.82, 2.24) is 4.31 Å². The highest BCUT2D eigenvalue weighted by Crippen LogP contribution is 2.32. The van der Waals surface area contributed by atoms with Gasteiger partial charge in [-0.1, -0.05) is 12.8 Å². The van der Waals surface area contributed by atoms with Crippen LogP contribution in [0.3, 0.4) is 0 Å². The minimum atomic E-state index is -3.57. The normalized spacial score (nSPS) is 17.2. The maximum absolute atomic E-state index is 12.5. The molecule has 0 spiro atoms. The van der Waals surface area contributed by atoms with Gasteiger partial charge in [0.15, 0.2) is 0 Å². The van der Waals surface area contributed by atoms with Gasteiger partial charge in [-0.15, -0.1) is 11.3 Å². The van der Waals surface area contributed by atoms with Crippen molar-refractivity contribution >= 4 is 27.3 Å². The van der Waals surface area contributed by atoms with E-state index < -0.39 is 16.0 Å². The second kappa shape index (κ2) is 5.22. The fourth-order valence-corrected chi connectivity index (χ4v) is 5.38. The van der Waals surface area contributed by atoms with Crippen molar-refractivity contribution in [2.75, 3.05) is 7.05 Å². The van der Waals surface area contributed by atoms with Crippen LogP contribution in [0, 0.1) is 6.92 Å². The van der Waals surface area contributed by atoms with Gasteiger partial charge in [-0.3, -0.25) is 0 Å². The molecule has 5 nitrogen and oxygen atoms in total. The fraction of sp³-hybridized carbons (Fsp3) is 0.583. The molecule has 0 aliphatic heterocycles. The first-order valence-electron chi connectivity index (χ1n) is 6.16. The molecule has 1 aromatic rings. The Labute approximate surface area is 116 Å². The van der Waals surface area contributed by atoms with Gasteiger partial charge in [0.05, 0.1) is 0 Å². The Balaban J connectivity index is 2.33. The van der Waals surface area contributed by atoms with E-state index in [2.05, 4.69) is 0 Å². The van der Waals surface area contributed by atoms with Gasteiger partial charge in [0.1, 0.15) is 9.09 Å². The summed E-state index contributed by atoms with van der Waals surface area (Å²) in [5.74, 6) is -1.08. The Morgan fingerprint density at radius 3 is 2.47 bits per heavy atom. The Morgan fingerprint density at radius 2 is 2.00 bits per heavy atom. The number of sulfonamides is 1. The van der Waals surface area contributed by atoms with Gasteiger partial charge in [0.25, 0.3) is 10.0 Å². The zero-order chi connectivity index (χ0) is 14.2. The fourth-order valence-electron chi connectivity index (χ4n) is 2.40. The van der Waals surface area contributed by atoms with E-state index >= 15 is 0 Å². The van der Waals surface area contributed by atoms with E-state index in [0.717, 1.165) is 37.0 Å². The van der Waals surface area contributed by atoms with Gasteiger partial charge in [-0.05, 0) is 31.4 Å². The lowest BCUT2D eigenvalue weighted by Crippen LogP contribution is -2.34. The third-order valence-corrected chi connectivity index (χ3v) is 7.15. The molecule has 0 aromatic carbocycles. The van der Waals surface area contributed by atoms with Crippen LogP contribution in [-0.2, 0) is 10.0 Å². The summed E-state index contributed by atoms with van der Waals surface area (Å²) in [6, 6.07) is 1.50. The number of rotatable bonds is 4. The number of carbonyl (C=O) groups is 1. The molecule has 1 aliphatic rings. The van der Waals surface area contributed by atoms with Gasteiger partial charge in [0.2, 0.25) is 0 Å². The lowest BCUT2D eigenvalue weighted by atomic mass is 10.3. The van der Waals surface area contributed by atoms with E-state index in [1.807, 2.05) is 0 Å². The van der Waals surface area contributed by atoms with E-state index in [1.54, 1.807) is 14.0 Å². The lowest BCUT2D eigenvalue weighted by Gasteiger charge is -2.22. The molecular formula is C12H17NO4S2.